The van der Waals surface area contributed by atoms with E-state index in [1.807, 2.05) is 12.1 Å². The SMILES string of the molecule is O=C(CCCN1CCCCC1)Nc1ccc(O[C@H]2C[C@]34C[C@H]3CCC4[C@@H]3CCc4cc(O)ccc4[C@@H]23)cc1C(F)(F)F. The molecule has 4 aliphatic carbocycles. The van der Waals surface area contributed by atoms with Gasteiger partial charge in [-0.05, 0) is 142 Å². The molecule has 1 amide bonds. The van der Waals surface area contributed by atoms with Crippen molar-refractivity contribution in [3.63, 3.8) is 0 Å². The molecule has 1 saturated heterocycles. The third-order valence-corrected chi connectivity index (χ3v) is 11.2. The Hall–Kier alpha value is -2.74. The predicted molar refractivity (Wildman–Crippen MR) is 155 cm³/mol. The van der Waals surface area contributed by atoms with Crippen LogP contribution < -0.4 is 10.1 Å². The van der Waals surface area contributed by atoms with Crippen LogP contribution in [0.4, 0.5) is 18.9 Å². The maximum Gasteiger partial charge on any atom is 0.418 e. The Morgan fingerprint density at radius 3 is 2.67 bits per heavy atom. The van der Waals surface area contributed by atoms with Crippen molar-refractivity contribution in [2.75, 3.05) is 25.0 Å². The molecule has 2 aromatic carbocycles. The van der Waals surface area contributed by atoms with E-state index in [-0.39, 0.29) is 41.0 Å². The standard InChI is InChI=1S/C34H41F3N2O3/c35-34(36,37)28-18-24(9-13-29(28)38-31(41)5-4-16-39-14-2-1-3-15-39)42-30-20-33-19-22(33)7-12-27(33)26-10-6-21-17-23(40)8-11-25(21)32(26)30/h8-9,11,13,17-18,22,26-27,30,32,40H,1-7,10,12,14-16,19-20H2,(H,38,41)/t22-,26+,27?,30+,32-,33-/m1/s1. The van der Waals surface area contributed by atoms with Crippen LogP contribution in [-0.4, -0.2) is 41.7 Å². The Morgan fingerprint density at radius 2 is 1.88 bits per heavy atom. The molecule has 2 aromatic rings. The largest absolute Gasteiger partial charge is 0.508 e. The molecule has 42 heavy (non-hydrogen) atoms. The van der Waals surface area contributed by atoms with E-state index in [1.54, 1.807) is 12.1 Å². The summed E-state index contributed by atoms with van der Waals surface area (Å²) in [6.07, 6.45) is 6.01. The van der Waals surface area contributed by atoms with Gasteiger partial charge in [0, 0.05) is 12.3 Å². The molecule has 4 fully saturated rings. The van der Waals surface area contributed by atoms with Gasteiger partial charge in [-0.1, -0.05) is 12.5 Å². The first-order valence-electron chi connectivity index (χ1n) is 15.9. The van der Waals surface area contributed by atoms with Gasteiger partial charge in [-0.15, -0.1) is 0 Å². The first-order chi connectivity index (χ1) is 20.2. The minimum atomic E-state index is -4.63. The molecule has 2 N–H and O–H groups in total. The second kappa shape index (κ2) is 10.8. The molecule has 1 unspecified atom stereocenters. The maximum absolute atomic E-state index is 14.3. The summed E-state index contributed by atoms with van der Waals surface area (Å²) in [5, 5.41) is 12.7. The molecule has 226 valence electrons. The monoisotopic (exact) mass is 582 g/mol. The molecular formula is C34H41F3N2O3. The Labute approximate surface area is 245 Å². The van der Waals surface area contributed by atoms with Crippen molar-refractivity contribution in [3.8, 4) is 11.5 Å². The number of nitrogens with zero attached hydrogens (tertiary/aromatic N) is 1. The zero-order valence-electron chi connectivity index (χ0n) is 24.1. The zero-order valence-corrected chi connectivity index (χ0v) is 24.1. The number of phenolic OH excluding ortho intramolecular Hbond substituents is 1. The Morgan fingerprint density at radius 1 is 1.05 bits per heavy atom. The molecule has 6 atom stereocenters. The zero-order chi connectivity index (χ0) is 29.1. The highest BCUT2D eigenvalue weighted by atomic mass is 19.4. The van der Waals surface area contributed by atoms with Crippen LogP contribution in [-0.2, 0) is 17.4 Å². The van der Waals surface area contributed by atoms with E-state index in [0.717, 1.165) is 63.4 Å². The summed E-state index contributed by atoms with van der Waals surface area (Å²) < 4.78 is 49.3. The summed E-state index contributed by atoms with van der Waals surface area (Å²) in [5.41, 5.74) is 1.49. The fourth-order valence-electron chi connectivity index (χ4n) is 9.34. The molecule has 8 heteroatoms. The van der Waals surface area contributed by atoms with Crippen LogP contribution in [0.15, 0.2) is 36.4 Å². The Balaban J connectivity index is 1.10. The highest BCUT2D eigenvalue weighted by Crippen LogP contribution is 2.75. The number of fused-ring (bicyclic) bond motifs is 4. The summed E-state index contributed by atoms with van der Waals surface area (Å²) in [6, 6.07) is 9.57. The fraction of sp³-hybridized carbons (Fsp3) is 0.618. The number of halogens is 3. The second-order valence-corrected chi connectivity index (χ2v) is 13.5. The average molecular weight is 583 g/mol. The molecule has 0 bridgehead atoms. The highest BCUT2D eigenvalue weighted by Gasteiger charge is 2.68. The number of aromatic hydroxyl groups is 1. The van der Waals surface area contributed by atoms with Crippen LogP contribution >= 0.6 is 0 Å². The van der Waals surface area contributed by atoms with Gasteiger partial charge in [0.15, 0.2) is 0 Å². The number of rotatable bonds is 7. The Bertz CT molecular complexity index is 1340. The van der Waals surface area contributed by atoms with Crippen LogP contribution in [0.2, 0.25) is 0 Å². The van der Waals surface area contributed by atoms with Crippen molar-refractivity contribution >= 4 is 11.6 Å². The van der Waals surface area contributed by atoms with Crippen LogP contribution in [0.3, 0.4) is 0 Å². The Kier molecular flexibility index (Phi) is 7.19. The van der Waals surface area contributed by atoms with E-state index < -0.39 is 17.6 Å². The third-order valence-electron chi connectivity index (χ3n) is 11.2. The first-order valence-corrected chi connectivity index (χ1v) is 15.9. The van der Waals surface area contributed by atoms with Crippen LogP contribution in [0, 0.1) is 23.2 Å². The lowest BCUT2D eigenvalue weighted by Gasteiger charge is -2.49. The molecule has 3 saturated carbocycles. The molecule has 5 nitrogen and oxygen atoms in total. The highest BCUT2D eigenvalue weighted by molar-refractivity contribution is 5.91. The van der Waals surface area contributed by atoms with Gasteiger partial charge in [-0.25, -0.2) is 0 Å². The summed E-state index contributed by atoms with van der Waals surface area (Å²) >= 11 is 0. The number of ether oxygens (including phenoxy) is 1. The molecular weight excluding hydrogens is 541 g/mol. The number of hydrogen-bond acceptors (Lipinski definition) is 4. The van der Waals surface area contributed by atoms with Gasteiger partial charge >= 0.3 is 6.18 Å². The first kappa shape index (κ1) is 28.1. The number of nitrogens with one attached hydrogen (secondary N) is 1. The fourth-order valence-corrected chi connectivity index (χ4v) is 9.34. The van der Waals surface area contributed by atoms with E-state index in [9.17, 15) is 23.1 Å². The number of likely N-dealkylation sites (tertiary alicyclic amines) is 1. The molecule has 1 spiro atoms. The van der Waals surface area contributed by atoms with Gasteiger partial charge in [-0.3, -0.25) is 4.79 Å². The van der Waals surface area contributed by atoms with E-state index in [4.69, 9.17) is 4.74 Å². The third kappa shape index (κ3) is 5.18. The minimum absolute atomic E-state index is 0.0953. The minimum Gasteiger partial charge on any atom is -0.508 e. The number of piperidine rings is 1. The summed E-state index contributed by atoms with van der Waals surface area (Å²) in [4.78, 5) is 15.0. The van der Waals surface area contributed by atoms with Gasteiger partial charge in [0.25, 0.3) is 0 Å². The number of carbonyl (C=O) groups is 1. The maximum atomic E-state index is 14.3. The van der Waals surface area contributed by atoms with E-state index in [1.165, 1.54) is 37.3 Å². The lowest BCUT2D eigenvalue weighted by atomic mass is 9.57. The number of anilines is 1. The smallest absolute Gasteiger partial charge is 0.418 e. The van der Waals surface area contributed by atoms with Crippen molar-refractivity contribution in [1.82, 2.24) is 4.90 Å². The van der Waals surface area contributed by atoms with Crippen LogP contribution in [0.5, 0.6) is 11.5 Å². The number of benzene rings is 2. The van der Waals surface area contributed by atoms with E-state index in [2.05, 4.69) is 10.2 Å². The number of amides is 1. The quantitative estimate of drug-likeness (QED) is 0.354. The normalized spacial score (nSPS) is 31.8. The van der Waals surface area contributed by atoms with Gasteiger partial charge in [0.1, 0.15) is 17.6 Å². The second-order valence-electron chi connectivity index (χ2n) is 13.5. The van der Waals surface area contributed by atoms with Crippen LogP contribution in [0.25, 0.3) is 0 Å². The number of hydrogen-bond donors (Lipinski definition) is 2. The number of aryl methyl sites for hydroxylation is 1. The van der Waals surface area contributed by atoms with Gasteiger partial charge < -0.3 is 20.1 Å². The molecule has 1 aliphatic heterocycles. The molecule has 1 heterocycles. The van der Waals surface area contributed by atoms with E-state index >= 15 is 0 Å². The molecule has 5 aliphatic rings. The van der Waals surface area contributed by atoms with Crippen molar-refractivity contribution in [1.29, 1.82) is 0 Å². The van der Waals surface area contributed by atoms with E-state index in [0.29, 0.717) is 24.2 Å². The van der Waals surface area contributed by atoms with Gasteiger partial charge in [-0.2, -0.15) is 13.2 Å². The topological polar surface area (TPSA) is 61.8 Å². The number of carbonyl (C=O) groups excluding carboxylic acids is 1. The van der Waals surface area contributed by atoms with Crippen molar-refractivity contribution in [3.05, 3.63) is 53.1 Å². The lowest BCUT2D eigenvalue weighted by molar-refractivity contribution is -0.137. The molecule has 0 aromatic heterocycles. The molecule has 0 radical (unpaired) electrons. The van der Waals surface area contributed by atoms with Crippen molar-refractivity contribution < 1.29 is 27.8 Å². The number of alkyl halides is 3. The predicted octanol–water partition coefficient (Wildman–Crippen LogP) is 7.53. The average Bonchev–Trinajstić information content (AvgIpc) is 3.53. The number of phenols is 1. The summed E-state index contributed by atoms with van der Waals surface area (Å²) in [5.74, 6) is 1.96. The van der Waals surface area contributed by atoms with Crippen molar-refractivity contribution in [2.45, 2.75) is 88.8 Å². The lowest BCUT2D eigenvalue weighted by Crippen LogP contribution is -2.46. The van der Waals surface area contributed by atoms with Gasteiger partial charge in [0.05, 0.1) is 11.3 Å². The van der Waals surface area contributed by atoms with Crippen LogP contribution in [0.1, 0.15) is 86.8 Å². The summed E-state index contributed by atoms with van der Waals surface area (Å²) in [7, 11) is 0. The van der Waals surface area contributed by atoms with Gasteiger partial charge in [0.2, 0.25) is 5.91 Å². The summed E-state index contributed by atoms with van der Waals surface area (Å²) in [6.45, 7) is 2.85. The van der Waals surface area contributed by atoms with Crippen molar-refractivity contribution in [2.24, 2.45) is 23.2 Å². The molecule has 7 rings (SSSR count).